The number of nitrogens with one attached hydrogen (secondary N) is 2. The van der Waals surface area contributed by atoms with E-state index in [2.05, 4.69) is 17.2 Å². The topological polar surface area (TPSA) is 74.3 Å². The third kappa shape index (κ3) is 6.33. The summed E-state index contributed by atoms with van der Waals surface area (Å²) in [4.78, 5) is 33.1. The Labute approximate surface area is 209 Å². The van der Waals surface area contributed by atoms with Gasteiger partial charge >= 0.3 is 0 Å². The molecule has 0 radical (unpaired) electrons. The van der Waals surface area contributed by atoms with Crippen LogP contribution in [0.5, 0.6) is 0 Å². The first-order valence-electron chi connectivity index (χ1n) is 11.6. The van der Waals surface area contributed by atoms with Crippen molar-refractivity contribution in [3.05, 3.63) is 83.1 Å². The maximum atomic E-state index is 13.3. The Morgan fingerprint density at radius 3 is 2.34 bits per heavy atom. The van der Waals surface area contributed by atoms with Crippen molar-refractivity contribution in [2.45, 2.75) is 39.7 Å². The minimum atomic E-state index is -0.855. The minimum absolute atomic E-state index is 0.0618. The largest absolute Gasteiger partial charge is 0.342 e. The summed E-state index contributed by atoms with van der Waals surface area (Å²) in [6.07, 6.45) is 0.864. The van der Waals surface area contributed by atoms with Crippen LogP contribution in [0.25, 0.3) is 11.3 Å². The fourth-order valence-corrected chi connectivity index (χ4v) is 4.43. The summed E-state index contributed by atoms with van der Waals surface area (Å²) in [5.74, 6) is -0.819. The number of benzene rings is 2. The lowest BCUT2D eigenvalue weighted by atomic mass is 10.0. The van der Waals surface area contributed by atoms with Crippen molar-refractivity contribution in [3.8, 4) is 11.3 Å². The maximum Gasteiger partial charge on any atom is 0.266 e. The first kappa shape index (κ1) is 26.1. The van der Waals surface area contributed by atoms with Gasteiger partial charge in [-0.3, -0.25) is 9.59 Å². The average molecular weight is 495 g/mol. The highest BCUT2D eigenvalue weighted by atomic mass is 32.1. The van der Waals surface area contributed by atoms with Gasteiger partial charge in [0.05, 0.1) is 11.2 Å². The highest BCUT2D eigenvalue weighted by molar-refractivity contribution is 7.18. The lowest BCUT2D eigenvalue weighted by Crippen LogP contribution is -2.46. The van der Waals surface area contributed by atoms with E-state index in [0.29, 0.717) is 40.1 Å². The van der Waals surface area contributed by atoms with Crippen molar-refractivity contribution in [2.75, 3.05) is 18.4 Å². The molecule has 184 valence electrons. The van der Waals surface area contributed by atoms with Gasteiger partial charge < -0.3 is 15.5 Å². The fourth-order valence-electron chi connectivity index (χ4n) is 3.45. The Morgan fingerprint density at radius 2 is 1.74 bits per heavy atom. The number of thiazole rings is 1. The van der Waals surface area contributed by atoms with Crippen LogP contribution in [0.3, 0.4) is 0 Å². The molecule has 3 aromatic rings. The van der Waals surface area contributed by atoms with E-state index in [1.54, 1.807) is 0 Å². The molecule has 1 heterocycles. The van der Waals surface area contributed by atoms with Crippen molar-refractivity contribution in [1.29, 1.82) is 0 Å². The highest BCUT2D eigenvalue weighted by Gasteiger charge is 2.28. The summed E-state index contributed by atoms with van der Waals surface area (Å²) in [7, 11) is 0. The third-order valence-electron chi connectivity index (χ3n) is 5.58. The second-order valence-electron chi connectivity index (χ2n) is 8.64. The van der Waals surface area contributed by atoms with Crippen LogP contribution in [0.4, 0.5) is 9.52 Å². The molecule has 0 spiro atoms. The van der Waals surface area contributed by atoms with Crippen LogP contribution in [0.15, 0.2) is 66.9 Å². The van der Waals surface area contributed by atoms with E-state index in [9.17, 15) is 14.0 Å². The quantitative estimate of drug-likeness (QED) is 0.365. The molecule has 2 aromatic carbocycles. The van der Waals surface area contributed by atoms with E-state index >= 15 is 0 Å². The van der Waals surface area contributed by atoms with Crippen LogP contribution < -0.4 is 10.6 Å². The molecule has 0 aliphatic rings. The number of hydrogen-bond donors (Lipinski definition) is 2. The van der Waals surface area contributed by atoms with Crippen molar-refractivity contribution in [2.24, 2.45) is 0 Å². The van der Waals surface area contributed by atoms with E-state index in [-0.39, 0.29) is 11.8 Å². The minimum Gasteiger partial charge on any atom is -0.342 e. The molecule has 3 rings (SSSR count). The Balaban J connectivity index is 1.85. The zero-order valence-electron chi connectivity index (χ0n) is 20.5. The Hall–Kier alpha value is -3.52. The second kappa shape index (κ2) is 11.3. The zero-order valence-corrected chi connectivity index (χ0v) is 21.3. The maximum absolute atomic E-state index is 13.3. The SMILES string of the molecule is C=C(Nc1nc(-c2ccccc2)c(C(=O)N(CC)CCC)s1)C(C)(C)NC(=O)c1ccc(F)cc1. The first-order chi connectivity index (χ1) is 16.7. The second-order valence-corrected chi connectivity index (χ2v) is 9.64. The molecular formula is C27H31FN4O2S. The number of amides is 2. The number of anilines is 1. The van der Waals surface area contributed by atoms with E-state index in [1.807, 2.05) is 62.9 Å². The third-order valence-corrected chi connectivity index (χ3v) is 6.53. The first-order valence-corrected chi connectivity index (χ1v) is 12.4. The summed E-state index contributed by atoms with van der Waals surface area (Å²) in [5.41, 5.74) is 1.45. The molecule has 0 unspecified atom stereocenters. The monoisotopic (exact) mass is 494 g/mol. The molecule has 1 aromatic heterocycles. The summed E-state index contributed by atoms with van der Waals surface area (Å²) < 4.78 is 13.2. The molecule has 0 aliphatic carbocycles. The molecule has 0 fully saturated rings. The molecule has 0 bridgehead atoms. The number of carbonyl (C=O) groups excluding carboxylic acids is 2. The van der Waals surface area contributed by atoms with Gasteiger partial charge in [0, 0.05) is 29.9 Å². The fraction of sp³-hybridized carbons (Fsp3) is 0.296. The highest BCUT2D eigenvalue weighted by Crippen LogP contribution is 2.33. The lowest BCUT2D eigenvalue weighted by molar-refractivity contribution is 0.0769. The zero-order chi connectivity index (χ0) is 25.6. The smallest absolute Gasteiger partial charge is 0.266 e. The van der Waals surface area contributed by atoms with Gasteiger partial charge in [0.15, 0.2) is 5.13 Å². The van der Waals surface area contributed by atoms with Gasteiger partial charge in [0.1, 0.15) is 10.7 Å². The summed E-state index contributed by atoms with van der Waals surface area (Å²) in [5, 5.41) is 6.61. The van der Waals surface area contributed by atoms with Crippen LogP contribution in [0, 0.1) is 5.82 Å². The number of aromatic nitrogens is 1. The molecular weight excluding hydrogens is 463 g/mol. The number of carbonyl (C=O) groups is 2. The number of hydrogen-bond acceptors (Lipinski definition) is 5. The van der Waals surface area contributed by atoms with E-state index in [0.717, 1.165) is 12.0 Å². The van der Waals surface area contributed by atoms with Crippen LogP contribution >= 0.6 is 11.3 Å². The molecule has 8 heteroatoms. The predicted octanol–water partition coefficient (Wildman–Crippen LogP) is 5.96. The lowest BCUT2D eigenvalue weighted by Gasteiger charge is -2.29. The van der Waals surface area contributed by atoms with Crippen LogP contribution in [0.2, 0.25) is 0 Å². The van der Waals surface area contributed by atoms with Gasteiger partial charge in [0.25, 0.3) is 11.8 Å². The molecule has 2 amide bonds. The van der Waals surface area contributed by atoms with E-state index in [4.69, 9.17) is 4.98 Å². The van der Waals surface area contributed by atoms with Crippen LogP contribution in [0.1, 0.15) is 54.1 Å². The molecule has 6 nitrogen and oxygen atoms in total. The van der Waals surface area contributed by atoms with Crippen molar-refractivity contribution >= 4 is 28.3 Å². The molecule has 2 N–H and O–H groups in total. The summed E-state index contributed by atoms with van der Waals surface area (Å²) in [6, 6.07) is 14.9. The number of rotatable bonds is 10. The van der Waals surface area contributed by atoms with Crippen LogP contribution in [-0.4, -0.2) is 40.3 Å². The van der Waals surface area contributed by atoms with Gasteiger partial charge in [0.2, 0.25) is 0 Å². The van der Waals surface area contributed by atoms with E-state index < -0.39 is 11.4 Å². The van der Waals surface area contributed by atoms with Gasteiger partial charge in [-0.05, 0) is 51.5 Å². The molecule has 0 saturated heterocycles. The van der Waals surface area contributed by atoms with Gasteiger partial charge in [-0.15, -0.1) is 0 Å². The summed E-state index contributed by atoms with van der Waals surface area (Å²) >= 11 is 1.26. The molecule has 0 aliphatic heterocycles. The summed E-state index contributed by atoms with van der Waals surface area (Å²) in [6.45, 7) is 13.0. The van der Waals surface area contributed by atoms with Crippen LogP contribution in [-0.2, 0) is 0 Å². The van der Waals surface area contributed by atoms with Gasteiger partial charge in [-0.25, -0.2) is 9.37 Å². The Kier molecular flexibility index (Phi) is 8.40. The van der Waals surface area contributed by atoms with Crippen molar-refractivity contribution in [3.63, 3.8) is 0 Å². The van der Waals surface area contributed by atoms with E-state index in [1.165, 1.54) is 35.6 Å². The van der Waals surface area contributed by atoms with Crippen molar-refractivity contribution in [1.82, 2.24) is 15.2 Å². The standard InChI is InChI=1S/C27H31FN4O2S/c1-6-17-32(7-2)25(34)23-22(19-11-9-8-10-12-19)30-26(35-23)29-18(3)27(4,5)31-24(33)20-13-15-21(28)16-14-20/h8-16H,3,6-7,17H2,1-2,4-5H3,(H,29,30)(H,31,33). The molecule has 0 saturated carbocycles. The number of halogens is 1. The molecule has 0 atom stereocenters. The number of nitrogens with zero attached hydrogens (tertiary/aromatic N) is 2. The normalized spacial score (nSPS) is 11.1. The Bertz CT molecular complexity index is 1190. The van der Waals surface area contributed by atoms with Gasteiger partial charge in [-0.2, -0.15) is 0 Å². The Morgan fingerprint density at radius 1 is 1.09 bits per heavy atom. The predicted molar refractivity (Wildman–Crippen MR) is 140 cm³/mol. The molecule has 35 heavy (non-hydrogen) atoms. The average Bonchev–Trinajstić information content (AvgIpc) is 3.26. The van der Waals surface area contributed by atoms with Crippen molar-refractivity contribution < 1.29 is 14.0 Å². The van der Waals surface area contributed by atoms with Gasteiger partial charge in [-0.1, -0.05) is 55.2 Å².